The van der Waals surface area contributed by atoms with E-state index >= 15 is 0 Å². The fourth-order valence-corrected chi connectivity index (χ4v) is 2.41. The fraction of sp³-hybridized carbons (Fsp3) is 0.286. The second-order valence-electron chi connectivity index (χ2n) is 4.96. The first-order valence-electron chi connectivity index (χ1n) is 6.66. The average Bonchev–Trinajstić information content (AvgIpc) is 3.13. The molecular weight excluding hydrogens is 270 g/mol. The quantitative estimate of drug-likeness (QED) is 0.875. The Hall–Kier alpha value is -2.70. The summed E-state index contributed by atoms with van der Waals surface area (Å²) in [7, 11) is 1.74. The van der Waals surface area contributed by atoms with Gasteiger partial charge >= 0.3 is 0 Å². The Labute approximate surface area is 121 Å². The molecule has 108 valence electrons. The highest BCUT2D eigenvalue weighted by Gasteiger charge is 2.30. The Morgan fingerprint density at radius 2 is 2.00 bits per heavy atom. The molecule has 1 saturated heterocycles. The molecule has 1 aromatic heterocycles. The molecular formula is C14H15N5O2. The number of rotatable bonds is 3. The highest BCUT2D eigenvalue weighted by molar-refractivity contribution is 6.00. The smallest absolute Gasteiger partial charge is 0.254 e. The predicted octanol–water partition coefficient (Wildman–Crippen LogP) is 0.228. The first-order chi connectivity index (χ1) is 10.2. The molecule has 1 aromatic carbocycles. The number of hydrogen-bond donors (Lipinski definition) is 1. The maximum Gasteiger partial charge on any atom is 0.254 e. The van der Waals surface area contributed by atoms with Gasteiger partial charge in [-0.3, -0.25) is 14.2 Å². The Kier molecular flexibility index (Phi) is 3.39. The molecule has 7 heteroatoms. The van der Waals surface area contributed by atoms with Gasteiger partial charge in [-0.15, -0.1) is 10.2 Å². The first-order valence-corrected chi connectivity index (χ1v) is 6.66. The van der Waals surface area contributed by atoms with Gasteiger partial charge in [-0.1, -0.05) is 12.1 Å². The molecule has 1 fully saturated rings. The van der Waals surface area contributed by atoms with E-state index in [0.29, 0.717) is 24.2 Å². The lowest BCUT2D eigenvalue weighted by atomic mass is 10.1. The second-order valence-corrected chi connectivity index (χ2v) is 4.96. The summed E-state index contributed by atoms with van der Waals surface area (Å²) in [6, 6.07) is 6.69. The number of aromatic nitrogens is 3. The van der Waals surface area contributed by atoms with Crippen LogP contribution in [0.1, 0.15) is 16.8 Å². The third-order valence-electron chi connectivity index (χ3n) is 3.58. The van der Waals surface area contributed by atoms with Crippen molar-refractivity contribution in [3.05, 3.63) is 42.5 Å². The van der Waals surface area contributed by atoms with E-state index in [-0.39, 0.29) is 11.8 Å². The zero-order chi connectivity index (χ0) is 14.8. The zero-order valence-corrected chi connectivity index (χ0v) is 11.6. The monoisotopic (exact) mass is 285 g/mol. The molecule has 2 amide bonds. The van der Waals surface area contributed by atoms with Crippen LogP contribution < -0.4 is 5.32 Å². The molecule has 1 atom stereocenters. The summed E-state index contributed by atoms with van der Waals surface area (Å²) in [5.74, 6) is -0.321. The SMILES string of the molecule is CN1CC[C@H](NC(=O)c2ccccc2-n2cnnc2)C1=O. The summed E-state index contributed by atoms with van der Waals surface area (Å²) in [4.78, 5) is 25.9. The van der Waals surface area contributed by atoms with E-state index in [9.17, 15) is 9.59 Å². The molecule has 2 heterocycles. The Morgan fingerprint density at radius 1 is 1.29 bits per heavy atom. The highest BCUT2D eigenvalue weighted by atomic mass is 16.2. The van der Waals surface area contributed by atoms with E-state index < -0.39 is 6.04 Å². The van der Waals surface area contributed by atoms with Crippen molar-refractivity contribution >= 4 is 11.8 Å². The molecule has 1 aliphatic heterocycles. The predicted molar refractivity (Wildman–Crippen MR) is 74.9 cm³/mol. The van der Waals surface area contributed by atoms with E-state index in [2.05, 4.69) is 15.5 Å². The number of para-hydroxylation sites is 1. The molecule has 0 spiro atoms. The number of likely N-dealkylation sites (tertiary alicyclic amines) is 1. The van der Waals surface area contributed by atoms with Crippen molar-refractivity contribution in [3.63, 3.8) is 0 Å². The molecule has 0 saturated carbocycles. The molecule has 21 heavy (non-hydrogen) atoms. The van der Waals surface area contributed by atoms with Crippen molar-refractivity contribution in [1.82, 2.24) is 25.0 Å². The Balaban J connectivity index is 1.84. The summed E-state index contributed by atoms with van der Waals surface area (Å²) in [5.41, 5.74) is 1.17. The van der Waals surface area contributed by atoms with Gasteiger partial charge in [0.15, 0.2) is 0 Å². The van der Waals surface area contributed by atoms with Gasteiger partial charge in [0, 0.05) is 13.6 Å². The van der Waals surface area contributed by atoms with Gasteiger partial charge in [-0.05, 0) is 18.6 Å². The zero-order valence-electron chi connectivity index (χ0n) is 11.6. The maximum atomic E-state index is 12.4. The molecule has 0 radical (unpaired) electrons. The van der Waals surface area contributed by atoms with Gasteiger partial charge in [0.2, 0.25) is 5.91 Å². The maximum absolute atomic E-state index is 12.4. The number of amides is 2. The van der Waals surface area contributed by atoms with E-state index in [1.165, 1.54) is 12.7 Å². The molecule has 0 bridgehead atoms. The van der Waals surface area contributed by atoms with Crippen LogP contribution in [-0.2, 0) is 4.79 Å². The van der Waals surface area contributed by atoms with Crippen LogP contribution in [0.5, 0.6) is 0 Å². The Bertz CT molecular complexity index is 668. The van der Waals surface area contributed by atoms with Crippen LogP contribution in [0.2, 0.25) is 0 Å². The standard InChI is InChI=1S/C14H15N5O2/c1-18-7-6-11(14(18)21)17-13(20)10-4-2-3-5-12(10)19-8-15-16-9-19/h2-5,8-9,11H,6-7H2,1H3,(H,17,20)/t11-/m0/s1. The van der Waals surface area contributed by atoms with Crippen molar-refractivity contribution in [2.75, 3.05) is 13.6 Å². The molecule has 1 aliphatic rings. The van der Waals surface area contributed by atoms with Crippen LogP contribution in [0, 0.1) is 0 Å². The molecule has 3 rings (SSSR count). The lowest BCUT2D eigenvalue weighted by Crippen LogP contribution is -2.40. The summed E-state index contributed by atoms with van der Waals surface area (Å²) in [6.45, 7) is 0.664. The van der Waals surface area contributed by atoms with Crippen LogP contribution in [0.25, 0.3) is 5.69 Å². The number of likely N-dealkylation sites (N-methyl/N-ethyl adjacent to an activating group) is 1. The lowest BCUT2D eigenvalue weighted by molar-refractivity contribution is -0.128. The number of hydrogen-bond acceptors (Lipinski definition) is 4. The van der Waals surface area contributed by atoms with Crippen LogP contribution in [0.4, 0.5) is 0 Å². The van der Waals surface area contributed by atoms with Gasteiger partial charge in [0.1, 0.15) is 18.7 Å². The summed E-state index contributed by atoms with van der Waals surface area (Å²) in [6.07, 6.45) is 3.69. The van der Waals surface area contributed by atoms with Gasteiger partial charge in [0.05, 0.1) is 11.3 Å². The van der Waals surface area contributed by atoms with Crippen LogP contribution >= 0.6 is 0 Å². The number of nitrogens with zero attached hydrogens (tertiary/aromatic N) is 4. The lowest BCUT2D eigenvalue weighted by Gasteiger charge is -2.14. The molecule has 1 N–H and O–H groups in total. The van der Waals surface area contributed by atoms with Crippen molar-refractivity contribution < 1.29 is 9.59 Å². The van der Waals surface area contributed by atoms with Crippen molar-refractivity contribution in [2.24, 2.45) is 0 Å². The number of carbonyl (C=O) groups excluding carboxylic acids is 2. The minimum atomic E-state index is -0.448. The first kappa shape index (κ1) is 13.3. The minimum absolute atomic E-state index is 0.0508. The largest absolute Gasteiger partial charge is 0.344 e. The van der Waals surface area contributed by atoms with Crippen LogP contribution in [0.3, 0.4) is 0 Å². The Morgan fingerprint density at radius 3 is 2.67 bits per heavy atom. The molecule has 7 nitrogen and oxygen atoms in total. The fourth-order valence-electron chi connectivity index (χ4n) is 2.41. The average molecular weight is 285 g/mol. The number of benzene rings is 1. The molecule has 2 aromatic rings. The van der Waals surface area contributed by atoms with Gasteiger partial charge in [0.25, 0.3) is 5.91 Å². The second kappa shape index (κ2) is 5.35. The molecule has 0 aliphatic carbocycles. The summed E-state index contributed by atoms with van der Waals surface area (Å²) < 4.78 is 1.66. The van der Waals surface area contributed by atoms with E-state index in [1.54, 1.807) is 34.7 Å². The van der Waals surface area contributed by atoms with Crippen molar-refractivity contribution in [2.45, 2.75) is 12.5 Å². The number of carbonyl (C=O) groups is 2. The van der Waals surface area contributed by atoms with Crippen molar-refractivity contribution in [1.29, 1.82) is 0 Å². The number of nitrogens with one attached hydrogen (secondary N) is 1. The van der Waals surface area contributed by atoms with Gasteiger partial charge in [-0.25, -0.2) is 0 Å². The highest BCUT2D eigenvalue weighted by Crippen LogP contribution is 2.15. The van der Waals surface area contributed by atoms with Gasteiger partial charge < -0.3 is 10.2 Å². The third kappa shape index (κ3) is 2.49. The molecule has 0 unspecified atom stereocenters. The third-order valence-corrected chi connectivity index (χ3v) is 3.58. The normalized spacial score (nSPS) is 18.0. The van der Waals surface area contributed by atoms with Gasteiger partial charge in [-0.2, -0.15) is 0 Å². The summed E-state index contributed by atoms with van der Waals surface area (Å²) >= 11 is 0. The van der Waals surface area contributed by atoms with Crippen molar-refractivity contribution in [3.8, 4) is 5.69 Å². The van der Waals surface area contributed by atoms with E-state index in [0.717, 1.165) is 0 Å². The minimum Gasteiger partial charge on any atom is -0.344 e. The van der Waals surface area contributed by atoms with Crippen LogP contribution in [-0.4, -0.2) is 51.1 Å². The topological polar surface area (TPSA) is 80.1 Å². The van der Waals surface area contributed by atoms with Crippen LogP contribution in [0.15, 0.2) is 36.9 Å². The van der Waals surface area contributed by atoms with E-state index in [1.807, 2.05) is 6.07 Å². The van der Waals surface area contributed by atoms with E-state index in [4.69, 9.17) is 0 Å². The summed E-state index contributed by atoms with van der Waals surface area (Å²) in [5, 5.41) is 10.3.